The second kappa shape index (κ2) is 12.6. The van der Waals surface area contributed by atoms with E-state index in [1.807, 2.05) is 25.1 Å². The van der Waals surface area contributed by atoms with Gasteiger partial charge in [-0.1, -0.05) is 34.3 Å². The highest BCUT2D eigenvalue weighted by molar-refractivity contribution is 6.04. The molecule has 0 radical (unpaired) electrons. The van der Waals surface area contributed by atoms with Gasteiger partial charge in [-0.15, -0.1) is 0 Å². The van der Waals surface area contributed by atoms with Crippen molar-refractivity contribution >= 4 is 22.4 Å². The Morgan fingerprint density at radius 3 is 2.68 bits per heavy atom. The number of fused-ring (bicyclic) bond motifs is 1. The molecule has 0 amide bonds. The maximum atomic E-state index is 12.6. The second-order valence-electron chi connectivity index (χ2n) is 10.2. The van der Waals surface area contributed by atoms with E-state index in [1.54, 1.807) is 13.1 Å². The third-order valence-electron chi connectivity index (χ3n) is 5.02. The minimum absolute atomic E-state index is 0.0880. The topological polar surface area (TPSA) is 88.7 Å². The zero-order valence-electron chi connectivity index (χ0n) is 21.5. The number of aliphatic hydroxyl groups excluding tert-OH is 1. The molecule has 1 aliphatic heterocycles. The van der Waals surface area contributed by atoms with Gasteiger partial charge in [0, 0.05) is 25.5 Å². The van der Waals surface area contributed by atoms with Gasteiger partial charge in [0.1, 0.15) is 11.7 Å². The van der Waals surface area contributed by atoms with E-state index in [0.29, 0.717) is 28.1 Å². The first-order valence-corrected chi connectivity index (χ1v) is 11.9. The third kappa shape index (κ3) is 8.54. The molecule has 2 N–H and O–H groups in total. The lowest BCUT2D eigenvalue weighted by atomic mass is 10.0. The van der Waals surface area contributed by atoms with E-state index in [4.69, 9.17) is 9.84 Å². The molecule has 3 rings (SSSR count). The number of hydrogen-bond donors (Lipinski definition) is 2. The van der Waals surface area contributed by atoms with E-state index in [-0.39, 0.29) is 24.8 Å². The fourth-order valence-corrected chi connectivity index (χ4v) is 3.58. The summed E-state index contributed by atoms with van der Waals surface area (Å²) in [5.41, 5.74) is 2.07. The van der Waals surface area contributed by atoms with E-state index in [1.165, 1.54) is 10.8 Å². The summed E-state index contributed by atoms with van der Waals surface area (Å²) in [7, 11) is 0. The number of aromatic nitrogens is 2. The molecular formula is C27H40N4O3. The van der Waals surface area contributed by atoms with Crippen LogP contribution in [0.5, 0.6) is 0 Å². The van der Waals surface area contributed by atoms with Crippen LogP contribution in [0, 0.1) is 12.3 Å². The van der Waals surface area contributed by atoms with E-state index < -0.39 is 0 Å². The monoisotopic (exact) mass is 468 g/mol. The van der Waals surface area contributed by atoms with Gasteiger partial charge in [-0.3, -0.25) is 4.79 Å². The van der Waals surface area contributed by atoms with Crippen LogP contribution in [-0.4, -0.2) is 39.8 Å². The molecule has 1 atom stereocenters. The molecule has 3 heterocycles. The Balaban J connectivity index is 0.000000739. The van der Waals surface area contributed by atoms with Crippen molar-refractivity contribution in [3.8, 4) is 0 Å². The van der Waals surface area contributed by atoms with E-state index in [0.717, 1.165) is 36.8 Å². The van der Waals surface area contributed by atoms with Gasteiger partial charge in [-0.25, -0.2) is 9.98 Å². The second-order valence-corrected chi connectivity index (χ2v) is 10.2. The van der Waals surface area contributed by atoms with Crippen LogP contribution in [0.4, 0.5) is 5.82 Å². The number of anilines is 1. The molecule has 0 spiro atoms. The number of nitrogens with zero attached hydrogens (tertiary/aromatic N) is 3. The lowest BCUT2D eigenvalue weighted by molar-refractivity contribution is 0.0394. The Morgan fingerprint density at radius 1 is 1.38 bits per heavy atom. The van der Waals surface area contributed by atoms with Crippen molar-refractivity contribution < 1.29 is 9.84 Å². The highest BCUT2D eigenvalue weighted by Crippen LogP contribution is 2.21. The van der Waals surface area contributed by atoms with Gasteiger partial charge in [0.2, 0.25) is 0 Å². The molecule has 186 valence electrons. The van der Waals surface area contributed by atoms with Gasteiger partial charge in [0.25, 0.3) is 5.56 Å². The van der Waals surface area contributed by atoms with Gasteiger partial charge in [-0.2, -0.15) is 0 Å². The number of rotatable bonds is 6. The number of aliphatic imine (C=N–C) groups is 1. The normalized spacial score (nSPS) is 17.2. The summed E-state index contributed by atoms with van der Waals surface area (Å²) >= 11 is 0. The molecule has 2 aromatic rings. The van der Waals surface area contributed by atoms with Crippen LogP contribution in [0.1, 0.15) is 59.6 Å². The highest BCUT2D eigenvalue weighted by atomic mass is 16.5. The summed E-state index contributed by atoms with van der Waals surface area (Å²) in [6.45, 7) is 17.3. The SMILES string of the molecule is C=CN=C(/C=C(\C)C1CCCCO1)Nc1cc2ccn(CCO)c(=O)c2c(C)n1.CC(C)(C)C. The number of pyridine rings is 2. The molecule has 1 unspecified atom stereocenters. The lowest BCUT2D eigenvalue weighted by Gasteiger charge is -2.23. The van der Waals surface area contributed by atoms with Crippen molar-refractivity contribution in [2.75, 3.05) is 18.5 Å². The number of aliphatic hydroxyl groups is 1. The van der Waals surface area contributed by atoms with E-state index >= 15 is 0 Å². The Hall–Kier alpha value is -2.77. The Labute approximate surface area is 203 Å². The lowest BCUT2D eigenvalue weighted by Crippen LogP contribution is -2.23. The zero-order chi connectivity index (χ0) is 25.3. The van der Waals surface area contributed by atoms with Crippen molar-refractivity contribution in [3.05, 3.63) is 58.8 Å². The van der Waals surface area contributed by atoms with Gasteiger partial charge in [0.15, 0.2) is 0 Å². The fraction of sp³-hybridized carbons (Fsp3) is 0.519. The minimum atomic E-state index is -0.154. The first-order chi connectivity index (χ1) is 16.0. The number of ether oxygens (including phenoxy) is 1. The quantitative estimate of drug-likeness (QED) is 0.448. The van der Waals surface area contributed by atoms with E-state index in [2.05, 4.69) is 49.6 Å². The van der Waals surface area contributed by atoms with Crippen molar-refractivity contribution in [1.82, 2.24) is 9.55 Å². The summed E-state index contributed by atoms with van der Waals surface area (Å²) in [5, 5.41) is 13.7. The minimum Gasteiger partial charge on any atom is -0.395 e. The van der Waals surface area contributed by atoms with Crippen LogP contribution in [0.2, 0.25) is 0 Å². The molecule has 0 aromatic carbocycles. The largest absolute Gasteiger partial charge is 0.395 e. The smallest absolute Gasteiger partial charge is 0.260 e. The molecule has 0 aliphatic carbocycles. The molecule has 7 nitrogen and oxygen atoms in total. The van der Waals surface area contributed by atoms with Crippen LogP contribution in [0.15, 0.2) is 52.5 Å². The van der Waals surface area contributed by atoms with Crippen LogP contribution >= 0.6 is 0 Å². The average Bonchev–Trinajstić information content (AvgIpc) is 2.75. The number of aryl methyl sites for hydroxylation is 1. The van der Waals surface area contributed by atoms with Crippen molar-refractivity contribution in [2.24, 2.45) is 10.4 Å². The van der Waals surface area contributed by atoms with Crippen molar-refractivity contribution in [2.45, 2.75) is 73.5 Å². The molecule has 1 fully saturated rings. The van der Waals surface area contributed by atoms with E-state index in [9.17, 15) is 4.79 Å². The fourth-order valence-electron chi connectivity index (χ4n) is 3.58. The molecule has 0 bridgehead atoms. The predicted octanol–water partition coefficient (Wildman–Crippen LogP) is 5.22. The standard InChI is InChI=1S/C22H28N4O3.C5H12/c1-4-23-19(13-15(2)18-7-5-6-12-29-18)25-20-14-17-8-9-26(10-11-27)22(28)21(17)16(3)24-20;1-5(2,3)4/h4,8-9,13-14,18,27H,1,5-7,10-12H2,2-3H3,(H,23,24,25);1-4H3/b15-13+;. The van der Waals surface area contributed by atoms with Gasteiger partial charge in [-0.05, 0) is 67.7 Å². The molecule has 34 heavy (non-hydrogen) atoms. The molecule has 0 saturated carbocycles. The van der Waals surface area contributed by atoms with Gasteiger partial charge >= 0.3 is 0 Å². The molecular weight excluding hydrogens is 428 g/mol. The van der Waals surface area contributed by atoms with Crippen molar-refractivity contribution in [3.63, 3.8) is 0 Å². The maximum absolute atomic E-state index is 12.6. The Kier molecular flexibility index (Phi) is 10.2. The summed E-state index contributed by atoms with van der Waals surface area (Å²) in [4.78, 5) is 21.5. The highest BCUT2D eigenvalue weighted by Gasteiger charge is 2.16. The van der Waals surface area contributed by atoms with Crippen molar-refractivity contribution in [1.29, 1.82) is 0 Å². The summed E-state index contributed by atoms with van der Waals surface area (Å²) in [6.07, 6.45) is 8.52. The summed E-state index contributed by atoms with van der Waals surface area (Å²) in [5.74, 6) is 1.22. The average molecular weight is 469 g/mol. The van der Waals surface area contributed by atoms with Crippen LogP contribution < -0.4 is 10.9 Å². The zero-order valence-corrected chi connectivity index (χ0v) is 21.5. The van der Waals surface area contributed by atoms with Crippen LogP contribution in [-0.2, 0) is 11.3 Å². The number of nitrogens with one attached hydrogen (secondary N) is 1. The third-order valence-corrected chi connectivity index (χ3v) is 5.02. The molecule has 1 aliphatic rings. The summed E-state index contributed by atoms with van der Waals surface area (Å²) < 4.78 is 7.33. The Morgan fingerprint density at radius 2 is 2.09 bits per heavy atom. The Bertz CT molecular complexity index is 1080. The molecule has 1 saturated heterocycles. The number of amidine groups is 1. The molecule has 2 aromatic heterocycles. The first-order valence-electron chi connectivity index (χ1n) is 11.9. The van der Waals surface area contributed by atoms with Gasteiger partial charge < -0.3 is 19.7 Å². The predicted molar refractivity (Wildman–Crippen MR) is 142 cm³/mol. The van der Waals surface area contributed by atoms with Gasteiger partial charge in [0.05, 0.1) is 23.8 Å². The summed E-state index contributed by atoms with van der Waals surface area (Å²) in [6, 6.07) is 3.68. The maximum Gasteiger partial charge on any atom is 0.260 e. The van der Waals surface area contributed by atoms with Crippen LogP contribution in [0.3, 0.4) is 0 Å². The molecule has 7 heteroatoms. The number of hydrogen-bond acceptors (Lipinski definition) is 5. The van der Waals surface area contributed by atoms with Crippen LogP contribution in [0.25, 0.3) is 10.8 Å². The first kappa shape index (κ1) is 27.5.